The average molecular weight is 284 g/mol. The molecule has 0 saturated heterocycles. The molecule has 2 heteroatoms. The Labute approximate surface area is 127 Å². The van der Waals surface area contributed by atoms with E-state index < -0.39 is 0 Å². The molecule has 0 fully saturated rings. The number of aryl methyl sites for hydroxylation is 1. The fourth-order valence-electron chi connectivity index (χ4n) is 2.23. The van der Waals surface area contributed by atoms with E-state index in [0.717, 1.165) is 22.4 Å². The van der Waals surface area contributed by atoms with Gasteiger partial charge in [0.15, 0.2) is 0 Å². The van der Waals surface area contributed by atoms with E-state index in [0.29, 0.717) is 6.61 Å². The molecule has 0 atom stereocenters. The lowest BCUT2D eigenvalue weighted by Crippen LogP contribution is -2.10. The van der Waals surface area contributed by atoms with E-state index in [-0.39, 0.29) is 12.0 Å². The van der Waals surface area contributed by atoms with Gasteiger partial charge in [0, 0.05) is 5.56 Å². The molecule has 0 aliphatic rings. The Morgan fingerprint density at radius 1 is 1.00 bits per heavy atom. The highest BCUT2D eigenvalue weighted by Gasteiger charge is 2.12. The molecule has 21 heavy (non-hydrogen) atoms. The molecule has 0 heterocycles. The number of aliphatic hydroxyl groups is 1. The second-order valence-corrected chi connectivity index (χ2v) is 6.50. The molecule has 2 aromatic rings. The molecule has 0 bridgehead atoms. The molecule has 2 aromatic carbocycles. The quantitative estimate of drug-likeness (QED) is 0.903. The highest BCUT2D eigenvalue weighted by Crippen LogP contribution is 2.24. The summed E-state index contributed by atoms with van der Waals surface area (Å²) in [5, 5.41) is 9.39. The van der Waals surface area contributed by atoms with Gasteiger partial charge in [0.25, 0.3) is 0 Å². The van der Waals surface area contributed by atoms with Gasteiger partial charge in [-0.25, -0.2) is 0 Å². The molecule has 112 valence electrons. The summed E-state index contributed by atoms with van der Waals surface area (Å²) < 4.78 is 5.83. The van der Waals surface area contributed by atoms with Gasteiger partial charge in [-0.2, -0.15) is 0 Å². The smallest absolute Gasteiger partial charge is 0.125 e. The lowest BCUT2D eigenvalue weighted by molar-refractivity contribution is 0.259. The third kappa shape index (κ3) is 4.08. The highest BCUT2D eigenvalue weighted by molar-refractivity contribution is 5.36. The first kappa shape index (κ1) is 15.6. The van der Waals surface area contributed by atoms with Crippen LogP contribution in [-0.4, -0.2) is 5.11 Å². The monoisotopic (exact) mass is 284 g/mol. The van der Waals surface area contributed by atoms with Gasteiger partial charge in [0.05, 0.1) is 6.61 Å². The van der Waals surface area contributed by atoms with Crippen LogP contribution in [0.25, 0.3) is 0 Å². The zero-order valence-electron chi connectivity index (χ0n) is 13.3. The van der Waals surface area contributed by atoms with Crippen LogP contribution in [0.15, 0.2) is 42.5 Å². The Bertz CT molecular complexity index is 592. The van der Waals surface area contributed by atoms with Gasteiger partial charge in [0.2, 0.25) is 0 Å². The molecular formula is C19H24O2. The average Bonchev–Trinajstić information content (AvgIpc) is 2.45. The van der Waals surface area contributed by atoms with Gasteiger partial charge in [-0.05, 0) is 29.5 Å². The summed E-state index contributed by atoms with van der Waals surface area (Å²) in [6.07, 6.45) is 0. The van der Waals surface area contributed by atoms with Crippen molar-refractivity contribution in [2.45, 2.75) is 46.3 Å². The Hall–Kier alpha value is -1.80. The number of rotatable bonds is 4. The van der Waals surface area contributed by atoms with E-state index in [9.17, 15) is 5.11 Å². The molecule has 0 saturated carbocycles. The second-order valence-electron chi connectivity index (χ2n) is 6.50. The zero-order valence-corrected chi connectivity index (χ0v) is 13.3. The molecule has 0 aliphatic carbocycles. The maximum Gasteiger partial charge on any atom is 0.125 e. The fraction of sp³-hybridized carbons (Fsp3) is 0.368. The van der Waals surface area contributed by atoms with Crippen LogP contribution in [0.1, 0.15) is 43.0 Å². The third-order valence-electron chi connectivity index (χ3n) is 3.60. The SMILES string of the molecule is Cc1ccc(OCc2ccc(C(C)(C)C)cc2)c(CO)c1. The van der Waals surface area contributed by atoms with Crippen LogP contribution in [0.4, 0.5) is 0 Å². The van der Waals surface area contributed by atoms with Crippen molar-refractivity contribution in [3.8, 4) is 5.75 Å². The van der Waals surface area contributed by atoms with Crippen LogP contribution in [-0.2, 0) is 18.6 Å². The van der Waals surface area contributed by atoms with Crippen LogP contribution in [0, 0.1) is 6.92 Å². The first-order valence-corrected chi connectivity index (χ1v) is 7.33. The van der Waals surface area contributed by atoms with E-state index in [4.69, 9.17) is 4.74 Å². The summed E-state index contributed by atoms with van der Waals surface area (Å²) >= 11 is 0. The van der Waals surface area contributed by atoms with Crippen molar-refractivity contribution in [3.05, 3.63) is 64.7 Å². The maximum absolute atomic E-state index is 9.39. The zero-order chi connectivity index (χ0) is 15.5. The van der Waals surface area contributed by atoms with Crippen molar-refractivity contribution in [2.24, 2.45) is 0 Å². The minimum atomic E-state index is -0.0000245. The predicted octanol–water partition coefficient (Wildman–Crippen LogP) is 4.36. The summed E-state index contributed by atoms with van der Waals surface area (Å²) in [4.78, 5) is 0. The second kappa shape index (κ2) is 6.31. The number of ether oxygens (including phenoxy) is 1. The van der Waals surface area contributed by atoms with Gasteiger partial charge in [0.1, 0.15) is 12.4 Å². The fourth-order valence-corrected chi connectivity index (χ4v) is 2.23. The van der Waals surface area contributed by atoms with Gasteiger partial charge in [-0.1, -0.05) is 62.7 Å². The van der Waals surface area contributed by atoms with Gasteiger partial charge in [-0.15, -0.1) is 0 Å². The molecular weight excluding hydrogens is 260 g/mol. The molecule has 0 spiro atoms. The molecule has 2 nitrogen and oxygen atoms in total. The van der Waals surface area contributed by atoms with Crippen molar-refractivity contribution in [1.82, 2.24) is 0 Å². The van der Waals surface area contributed by atoms with Crippen LogP contribution >= 0.6 is 0 Å². The topological polar surface area (TPSA) is 29.5 Å². The summed E-state index contributed by atoms with van der Waals surface area (Å²) in [5.74, 6) is 0.753. The maximum atomic E-state index is 9.39. The number of hydrogen-bond donors (Lipinski definition) is 1. The van der Waals surface area contributed by atoms with Crippen molar-refractivity contribution in [1.29, 1.82) is 0 Å². The highest BCUT2D eigenvalue weighted by atomic mass is 16.5. The molecule has 0 amide bonds. The largest absolute Gasteiger partial charge is 0.489 e. The molecule has 1 N–H and O–H groups in total. The van der Waals surface area contributed by atoms with Crippen LogP contribution in [0.2, 0.25) is 0 Å². The van der Waals surface area contributed by atoms with Gasteiger partial charge in [-0.3, -0.25) is 0 Å². The van der Waals surface area contributed by atoms with Crippen molar-refractivity contribution < 1.29 is 9.84 Å². The van der Waals surface area contributed by atoms with E-state index in [2.05, 4.69) is 45.0 Å². The molecule has 0 unspecified atom stereocenters. The first-order valence-electron chi connectivity index (χ1n) is 7.33. The van der Waals surface area contributed by atoms with Crippen molar-refractivity contribution in [2.75, 3.05) is 0 Å². The van der Waals surface area contributed by atoms with Crippen molar-refractivity contribution in [3.63, 3.8) is 0 Å². The lowest BCUT2D eigenvalue weighted by atomic mass is 9.87. The Morgan fingerprint density at radius 2 is 1.67 bits per heavy atom. The summed E-state index contributed by atoms with van der Waals surface area (Å²) in [6.45, 7) is 9.14. The molecule has 0 aromatic heterocycles. The third-order valence-corrected chi connectivity index (χ3v) is 3.60. The Kier molecular flexibility index (Phi) is 4.69. The van der Waals surface area contributed by atoms with Gasteiger partial charge < -0.3 is 9.84 Å². The van der Waals surface area contributed by atoms with Crippen LogP contribution < -0.4 is 4.74 Å². The van der Waals surface area contributed by atoms with Crippen LogP contribution in [0.5, 0.6) is 5.75 Å². The summed E-state index contributed by atoms with van der Waals surface area (Å²) in [6, 6.07) is 14.4. The Morgan fingerprint density at radius 3 is 2.24 bits per heavy atom. The van der Waals surface area contributed by atoms with E-state index in [1.807, 2.05) is 25.1 Å². The van der Waals surface area contributed by atoms with Gasteiger partial charge >= 0.3 is 0 Å². The standard InChI is InChI=1S/C19H24O2/c1-14-5-10-18(16(11-14)12-20)21-13-15-6-8-17(9-7-15)19(2,3)4/h5-11,20H,12-13H2,1-4H3. The molecule has 0 aliphatic heterocycles. The first-order chi connectivity index (χ1) is 9.90. The number of hydrogen-bond acceptors (Lipinski definition) is 2. The predicted molar refractivity (Wildman–Crippen MR) is 86.6 cm³/mol. The minimum Gasteiger partial charge on any atom is -0.489 e. The van der Waals surface area contributed by atoms with E-state index in [1.165, 1.54) is 5.56 Å². The number of benzene rings is 2. The van der Waals surface area contributed by atoms with Crippen molar-refractivity contribution >= 4 is 0 Å². The van der Waals surface area contributed by atoms with Crippen LogP contribution in [0.3, 0.4) is 0 Å². The number of aliphatic hydroxyl groups excluding tert-OH is 1. The molecule has 0 radical (unpaired) electrons. The summed E-state index contributed by atoms with van der Waals surface area (Å²) in [7, 11) is 0. The lowest BCUT2D eigenvalue weighted by Gasteiger charge is -2.19. The minimum absolute atomic E-state index is 0.0000245. The molecule has 2 rings (SSSR count). The van der Waals surface area contributed by atoms with E-state index >= 15 is 0 Å². The van der Waals surface area contributed by atoms with E-state index in [1.54, 1.807) is 0 Å². The normalized spacial score (nSPS) is 11.5. The summed E-state index contributed by atoms with van der Waals surface area (Å²) in [5.41, 5.74) is 4.58. The Balaban J connectivity index is 2.07.